The number of nitrogens with two attached hydrogens (primary N) is 1. The fraction of sp³-hybridized carbons (Fsp3) is 0.308. The van der Waals surface area contributed by atoms with E-state index < -0.39 is 5.41 Å². The lowest BCUT2D eigenvalue weighted by Gasteiger charge is -2.15. The molecule has 0 saturated heterocycles. The highest BCUT2D eigenvalue weighted by Crippen LogP contribution is 2.22. The molecule has 19 heavy (non-hydrogen) atoms. The lowest BCUT2D eigenvalue weighted by molar-refractivity contribution is 0.0752. The van der Waals surface area contributed by atoms with Gasteiger partial charge in [-0.15, -0.1) is 5.10 Å². The molecule has 100 valence electrons. The Morgan fingerprint density at radius 3 is 2.37 bits per heavy atom. The Morgan fingerprint density at radius 1 is 1.26 bits per heavy atom. The van der Waals surface area contributed by atoms with Crippen molar-refractivity contribution in [1.29, 1.82) is 0 Å². The Hall–Kier alpha value is -1.88. The summed E-state index contributed by atoms with van der Waals surface area (Å²) < 4.78 is 1.14. The van der Waals surface area contributed by atoms with Gasteiger partial charge in [-0.3, -0.25) is 4.79 Å². The van der Waals surface area contributed by atoms with Crippen molar-refractivity contribution < 1.29 is 4.79 Å². The van der Waals surface area contributed by atoms with Gasteiger partial charge >= 0.3 is 0 Å². The van der Waals surface area contributed by atoms with Crippen LogP contribution in [0.2, 0.25) is 5.02 Å². The van der Waals surface area contributed by atoms with E-state index in [2.05, 4.69) is 10.1 Å². The molecule has 1 aromatic carbocycles. The molecule has 0 saturated carbocycles. The molecule has 0 fully saturated rings. The molecule has 2 rings (SSSR count). The van der Waals surface area contributed by atoms with Gasteiger partial charge < -0.3 is 5.73 Å². The maximum Gasteiger partial charge on any atom is 0.255 e. The highest BCUT2D eigenvalue weighted by atomic mass is 35.5. The van der Waals surface area contributed by atoms with Crippen molar-refractivity contribution >= 4 is 23.5 Å². The first-order chi connectivity index (χ1) is 8.79. The predicted molar refractivity (Wildman–Crippen MR) is 75.0 cm³/mol. The third-order valence-corrected chi connectivity index (χ3v) is 2.82. The first kappa shape index (κ1) is 13.5. The second-order valence-corrected chi connectivity index (χ2v) is 5.70. The van der Waals surface area contributed by atoms with Crippen molar-refractivity contribution in [2.24, 2.45) is 5.41 Å². The van der Waals surface area contributed by atoms with Crippen LogP contribution in [-0.4, -0.2) is 20.7 Å². The van der Waals surface area contributed by atoms with E-state index in [1.165, 1.54) is 0 Å². The van der Waals surface area contributed by atoms with E-state index in [0.717, 1.165) is 10.2 Å². The molecule has 6 heteroatoms. The van der Waals surface area contributed by atoms with Crippen LogP contribution in [0.4, 0.5) is 5.95 Å². The number of hydrogen-bond donors (Lipinski definition) is 1. The number of carbonyl (C=O) groups is 1. The molecule has 0 radical (unpaired) electrons. The van der Waals surface area contributed by atoms with Crippen LogP contribution in [0.15, 0.2) is 24.3 Å². The third-order valence-electron chi connectivity index (χ3n) is 2.57. The maximum atomic E-state index is 12.1. The molecule has 0 amide bonds. The van der Waals surface area contributed by atoms with E-state index in [9.17, 15) is 4.79 Å². The van der Waals surface area contributed by atoms with E-state index in [-0.39, 0.29) is 11.9 Å². The molecule has 5 nitrogen and oxygen atoms in total. The topological polar surface area (TPSA) is 73.8 Å². The summed E-state index contributed by atoms with van der Waals surface area (Å²) in [7, 11) is 0. The standard InChI is InChI=1S/C13H15ClN4O/c1-13(2,3)11(19)18-12(15)16-10(17-18)8-4-6-9(14)7-5-8/h4-7H,1-3H3,(H2,15,16,17). The van der Waals surface area contributed by atoms with Crippen LogP contribution in [0.1, 0.15) is 25.6 Å². The molecule has 0 spiro atoms. The summed E-state index contributed by atoms with van der Waals surface area (Å²) in [6.45, 7) is 5.41. The zero-order valence-corrected chi connectivity index (χ0v) is 11.8. The van der Waals surface area contributed by atoms with Crippen LogP contribution in [0, 0.1) is 5.41 Å². The van der Waals surface area contributed by atoms with Gasteiger partial charge in [0.1, 0.15) is 0 Å². The zero-order chi connectivity index (χ0) is 14.2. The number of aromatic nitrogens is 3. The summed E-state index contributed by atoms with van der Waals surface area (Å²) in [5.41, 5.74) is 5.94. The highest BCUT2D eigenvalue weighted by Gasteiger charge is 2.26. The molecule has 1 aromatic heterocycles. The lowest BCUT2D eigenvalue weighted by Crippen LogP contribution is -2.28. The monoisotopic (exact) mass is 278 g/mol. The summed E-state index contributed by atoms with van der Waals surface area (Å²) >= 11 is 5.82. The smallest absolute Gasteiger partial charge is 0.255 e. The molecule has 1 heterocycles. The van der Waals surface area contributed by atoms with Gasteiger partial charge in [-0.05, 0) is 24.3 Å². The average Bonchev–Trinajstić information content (AvgIpc) is 2.70. The van der Waals surface area contributed by atoms with Gasteiger partial charge in [0.15, 0.2) is 5.82 Å². The number of halogens is 1. The predicted octanol–water partition coefficient (Wildman–Crippen LogP) is 2.87. The number of hydrogen-bond acceptors (Lipinski definition) is 4. The van der Waals surface area contributed by atoms with Crippen LogP contribution >= 0.6 is 11.6 Å². The maximum absolute atomic E-state index is 12.1. The number of nitrogens with zero attached hydrogens (tertiary/aromatic N) is 3. The molecule has 0 aliphatic heterocycles. The molecular formula is C13H15ClN4O. The van der Waals surface area contributed by atoms with Crippen molar-refractivity contribution in [3.63, 3.8) is 0 Å². The second kappa shape index (κ2) is 4.66. The summed E-state index contributed by atoms with van der Waals surface area (Å²) in [6.07, 6.45) is 0. The number of rotatable bonds is 1. The minimum atomic E-state index is -0.570. The van der Waals surface area contributed by atoms with Crippen LogP contribution in [0.5, 0.6) is 0 Å². The van der Waals surface area contributed by atoms with Gasteiger partial charge in [-0.25, -0.2) is 0 Å². The Morgan fingerprint density at radius 2 is 1.84 bits per heavy atom. The second-order valence-electron chi connectivity index (χ2n) is 5.27. The first-order valence-corrected chi connectivity index (χ1v) is 6.20. The quantitative estimate of drug-likeness (QED) is 0.870. The first-order valence-electron chi connectivity index (χ1n) is 5.82. The Labute approximate surface area is 116 Å². The van der Waals surface area contributed by atoms with Gasteiger partial charge in [0.2, 0.25) is 5.95 Å². The molecule has 0 atom stereocenters. The van der Waals surface area contributed by atoms with E-state index in [1.807, 2.05) is 0 Å². The van der Waals surface area contributed by atoms with Crippen molar-refractivity contribution in [3.8, 4) is 11.4 Å². The third kappa shape index (κ3) is 2.76. The largest absolute Gasteiger partial charge is 0.368 e. The highest BCUT2D eigenvalue weighted by molar-refractivity contribution is 6.30. The Bertz CT molecular complexity index is 611. The summed E-state index contributed by atoms with van der Waals surface area (Å²) in [5.74, 6) is 0.300. The molecule has 0 unspecified atom stereocenters. The van der Waals surface area contributed by atoms with E-state index in [0.29, 0.717) is 10.8 Å². The Balaban J connectivity index is 2.42. The number of nitrogen functional groups attached to an aromatic ring is 1. The van der Waals surface area contributed by atoms with Crippen LogP contribution < -0.4 is 5.73 Å². The van der Waals surface area contributed by atoms with Crippen LogP contribution in [0.3, 0.4) is 0 Å². The van der Waals surface area contributed by atoms with Crippen molar-refractivity contribution in [1.82, 2.24) is 14.8 Å². The molecule has 2 N–H and O–H groups in total. The number of carbonyl (C=O) groups excluding carboxylic acids is 1. The summed E-state index contributed by atoms with van der Waals surface area (Å²) in [5, 5.41) is 4.79. The average molecular weight is 279 g/mol. The summed E-state index contributed by atoms with van der Waals surface area (Å²) in [4.78, 5) is 16.3. The Kier molecular flexibility index (Phi) is 3.32. The lowest BCUT2D eigenvalue weighted by atomic mass is 9.96. The van der Waals surface area contributed by atoms with Gasteiger partial charge in [0.05, 0.1) is 0 Å². The zero-order valence-electron chi connectivity index (χ0n) is 11.0. The fourth-order valence-electron chi connectivity index (χ4n) is 1.51. The van der Waals surface area contributed by atoms with Crippen molar-refractivity contribution in [2.45, 2.75) is 20.8 Å². The van der Waals surface area contributed by atoms with Gasteiger partial charge in [-0.2, -0.15) is 9.67 Å². The number of benzene rings is 1. The minimum absolute atomic E-state index is 0.0878. The SMILES string of the molecule is CC(C)(C)C(=O)n1nc(-c2ccc(Cl)cc2)nc1N. The van der Waals surface area contributed by atoms with Crippen molar-refractivity contribution in [2.75, 3.05) is 5.73 Å². The van der Waals surface area contributed by atoms with E-state index in [1.54, 1.807) is 45.0 Å². The van der Waals surface area contributed by atoms with Crippen LogP contribution in [-0.2, 0) is 0 Å². The van der Waals surface area contributed by atoms with E-state index in [4.69, 9.17) is 17.3 Å². The minimum Gasteiger partial charge on any atom is -0.368 e. The fourth-order valence-corrected chi connectivity index (χ4v) is 1.64. The van der Waals surface area contributed by atoms with Gasteiger partial charge in [0, 0.05) is 16.0 Å². The summed E-state index contributed by atoms with van der Waals surface area (Å²) in [6, 6.07) is 7.03. The van der Waals surface area contributed by atoms with Gasteiger partial charge in [-0.1, -0.05) is 32.4 Å². The van der Waals surface area contributed by atoms with Crippen molar-refractivity contribution in [3.05, 3.63) is 29.3 Å². The molecule has 0 aliphatic rings. The molecule has 0 bridgehead atoms. The molecular weight excluding hydrogens is 264 g/mol. The normalized spacial score (nSPS) is 11.6. The van der Waals surface area contributed by atoms with Gasteiger partial charge in [0.25, 0.3) is 5.91 Å². The number of anilines is 1. The van der Waals surface area contributed by atoms with Crippen LogP contribution in [0.25, 0.3) is 11.4 Å². The molecule has 0 aliphatic carbocycles. The molecule has 2 aromatic rings. The van der Waals surface area contributed by atoms with E-state index >= 15 is 0 Å².